The van der Waals surface area contributed by atoms with Gasteiger partial charge in [-0.2, -0.15) is 4.98 Å². The summed E-state index contributed by atoms with van der Waals surface area (Å²) in [6.07, 6.45) is 1.59. The van der Waals surface area contributed by atoms with Crippen molar-refractivity contribution in [2.24, 2.45) is 0 Å². The summed E-state index contributed by atoms with van der Waals surface area (Å²) >= 11 is 0. The highest BCUT2D eigenvalue weighted by Crippen LogP contribution is 2.12. The summed E-state index contributed by atoms with van der Waals surface area (Å²) in [6.45, 7) is 0.231. The van der Waals surface area contributed by atoms with E-state index in [1.807, 2.05) is 0 Å². The van der Waals surface area contributed by atoms with Crippen LogP contribution in [0.4, 0.5) is 11.6 Å². The second kappa shape index (κ2) is 12.7. The van der Waals surface area contributed by atoms with Gasteiger partial charge in [-0.25, -0.2) is 14.8 Å². The molecule has 1 atom stereocenters. The van der Waals surface area contributed by atoms with Crippen LogP contribution in [0.2, 0.25) is 0 Å². The molecule has 0 saturated carbocycles. The molecule has 1 fully saturated rings. The van der Waals surface area contributed by atoms with E-state index in [1.165, 1.54) is 18.3 Å². The fourth-order valence-electron chi connectivity index (χ4n) is 3.26. The van der Waals surface area contributed by atoms with E-state index in [2.05, 4.69) is 35.9 Å². The Hall–Kier alpha value is -5.41. The van der Waals surface area contributed by atoms with Crippen molar-refractivity contribution in [3.63, 3.8) is 0 Å². The van der Waals surface area contributed by atoms with E-state index in [0.717, 1.165) is 0 Å². The van der Waals surface area contributed by atoms with Crippen LogP contribution in [0, 0.1) is 0 Å². The van der Waals surface area contributed by atoms with Crippen molar-refractivity contribution in [2.75, 3.05) is 11.1 Å². The number of nitrogens with zero attached hydrogens (tertiary/aromatic N) is 3. The van der Waals surface area contributed by atoms with Gasteiger partial charge in [0.15, 0.2) is 11.2 Å². The summed E-state index contributed by atoms with van der Waals surface area (Å²) in [6, 6.07) is 4.86. The summed E-state index contributed by atoms with van der Waals surface area (Å²) in [5.41, 5.74) is 6.47. The van der Waals surface area contributed by atoms with Crippen LogP contribution in [0.1, 0.15) is 41.7 Å². The maximum absolute atomic E-state index is 12.3. The number of hydrogen-bond donors (Lipinski definition) is 7. The Bertz CT molecular complexity index is 1460. The van der Waals surface area contributed by atoms with Crippen molar-refractivity contribution in [1.82, 2.24) is 30.6 Å². The van der Waals surface area contributed by atoms with Gasteiger partial charge >= 0.3 is 11.9 Å². The lowest BCUT2D eigenvalue weighted by Crippen LogP contribution is -2.41. The molecule has 1 aliphatic rings. The van der Waals surface area contributed by atoms with E-state index in [9.17, 15) is 28.8 Å². The molecule has 0 bridgehead atoms. The Balaban J connectivity index is 0.000000520. The zero-order valence-corrected chi connectivity index (χ0v) is 20.3. The Morgan fingerprint density at radius 2 is 1.69 bits per heavy atom. The molecule has 3 amide bonds. The molecule has 16 nitrogen and oxygen atoms in total. The molecule has 0 spiro atoms. The van der Waals surface area contributed by atoms with Gasteiger partial charge < -0.3 is 26.6 Å². The van der Waals surface area contributed by atoms with E-state index in [4.69, 9.17) is 15.9 Å². The van der Waals surface area contributed by atoms with Crippen LogP contribution in [0.25, 0.3) is 11.2 Å². The second-order valence-corrected chi connectivity index (χ2v) is 8.18. The number of benzene rings is 1. The van der Waals surface area contributed by atoms with E-state index in [1.54, 1.807) is 12.1 Å². The molecule has 204 valence electrons. The Labute approximate surface area is 219 Å². The number of rotatable bonds is 9. The first-order chi connectivity index (χ1) is 18.5. The van der Waals surface area contributed by atoms with Crippen LogP contribution in [0.3, 0.4) is 0 Å². The lowest BCUT2D eigenvalue weighted by molar-refractivity contribution is -0.140. The summed E-state index contributed by atoms with van der Waals surface area (Å²) in [5.74, 6) is -3.45. The third-order valence-electron chi connectivity index (χ3n) is 5.22. The Kier molecular flexibility index (Phi) is 9.18. The molecule has 1 aromatic carbocycles. The minimum absolute atomic E-state index is 0.0524. The van der Waals surface area contributed by atoms with E-state index >= 15 is 0 Å². The summed E-state index contributed by atoms with van der Waals surface area (Å²) in [7, 11) is 0. The molecule has 0 aliphatic carbocycles. The zero-order valence-electron chi connectivity index (χ0n) is 20.3. The van der Waals surface area contributed by atoms with Crippen LogP contribution >= 0.6 is 0 Å². The van der Waals surface area contributed by atoms with Gasteiger partial charge in [-0.05, 0) is 30.7 Å². The molecule has 4 rings (SSSR count). The molecule has 1 unspecified atom stereocenters. The standard InChI is InChI=1S/C19H19N7O6.C4H5NO2/c20-19-25-15-14(17(30)26-19)23-11(8-22-15)7-21-10-3-1-9(2-4-10)16(29)24-12(18(31)32)5-6-13(27)28;6-3-1-2-4(7)5-3/h1-4,8,12,21H,5-7H2,(H,24,29)(H,27,28)(H,31,32)(H3,20,22,25,26,30);1-2H2,(H,5,6,7). The normalized spacial score (nSPS) is 13.1. The Morgan fingerprint density at radius 3 is 2.26 bits per heavy atom. The third-order valence-corrected chi connectivity index (χ3v) is 5.22. The SMILES string of the molecule is Nc1nc2ncc(CNc3ccc(C(=O)NC(CCC(=O)O)C(=O)O)cc3)nc2c(=O)[nH]1.O=C1CCC(=O)N1. The van der Waals surface area contributed by atoms with Gasteiger partial charge in [0.25, 0.3) is 11.5 Å². The number of imide groups is 1. The molecular formula is C23H24N8O8. The highest BCUT2D eigenvalue weighted by atomic mass is 16.4. The van der Waals surface area contributed by atoms with Crippen molar-refractivity contribution in [3.05, 3.63) is 52.1 Å². The van der Waals surface area contributed by atoms with Crippen molar-refractivity contribution in [1.29, 1.82) is 0 Å². The number of carboxylic acid groups (broad SMARTS) is 2. The maximum atomic E-state index is 12.3. The highest BCUT2D eigenvalue weighted by molar-refractivity contribution is 6.01. The maximum Gasteiger partial charge on any atom is 0.326 e. The van der Waals surface area contributed by atoms with E-state index in [-0.39, 0.29) is 53.9 Å². The second-order valence-electron chi connectivity index (χ2n) is 8.18. The number of aromatic amines is 1. The number of carboxylic acids is 2. The predicted molar refractivity (Wildman–Crippen MR) is 134 cm³/mol. The molecule has 16 heteroatoms. The summed E-state index contributed by atoms with van der Waals surface area (Å²) in [5, 5.41) is 25.3. The largest absolute Gasteiger partial charge is 0.481 e. The van der Waals surface area contributed by atoms with Gasteiger partial charge in [-0.1, -0.05) is 0 Å². The topological polar surface area (TPSA) is 259 Å². The number of aliphatic carboxylic acids is 2. The molecule has 1 aliphatic heterocycles. The van der Waals surface area contributed by atoms with Crippen molar-refractivity contribution < 1.29 is 34.2 Å². The van der Waals surface area contributed by atoms with Crippen LogP contribution in [-0.4, -0.2) is 65.9 Å². The molecular weight excluding hydrogens is 516 g/mol. The highest BCUT2D eigenvalue weighted by Gasteiger charge is 2.21. The number of nitrogens with two attached hydrogens (primary N) is 1. The van der Waals surface area contributed by atoms with Crippen molar-refractivity contribution in [2.45, 2.75) is 38.3 Å². The average molecular weight is 540 g/mol. The molecule has 2 aromatic heterocycles. The van der Waals surface area contributed by atoms with Gasteiger partial charge in [-0.15, -0.1) is 0 Å². The van der Waals surface area contributed by atoms with Crippen molar-refractivity contribution >= 4 is 52.5 Å². The van der Waals surface area contributed by atoms with Crippen LogP contribution in [0.15, 0.2) is 35.3 Å². The van der Waals surface area contributed by atoms with Gasteiger partial charge in [0.2, 0.25) is 17.8 Å². The number of carbonyl (C=O) groups excluding carboxylic acids is 3. The van der Waals surface area contributed by atoms with Gasteiger partial charge in [0.05, 0.1) is 18.4 Å². The molecule has 3 aromatic rings. The third kappa shape index (κ3) is 8.31. The molecule has 0 radical (unpaired) electrons. The van der Waals surface area contributed by atoms with Crippen LogP contribution < -0.4 is 27.2 Å². The first-order valence-electron chi connectivity index (χ1n) is 11.5. The molecule has 1 saturated heterocycles. The van der Waals surface area contributed by atoms with Gasteiger partial charge in [0, 0.05) is 30.5 Å². The lowest BCUT2D eigenvalue weighted by Gasteiger charge is -2.14. The number of nitrogen functional groups attached to an aromatic ring is 1. The quantitative estimate of drug-likeness (QED) is 0.167. The lowest BCUT2D eigenvalue weighted by atomic mass is 10.1. The minimum Gasteiger partial charge on any atom is -0.481 e. The first kappa shape index (κ1) is 28.2. The molecule has 8 N–H and O–H groups in total. The number of fused-ring (bicyclic) bond motifs is 1. The monoisotopic (exact) mass is 540 g/mol. The smallest absolute Gasteiger partial charge is 0.326 e. The first-order valence-corrected chi connectivity index (χ1v) is 11.5. The molecule has 39 heavy (non-hydrogen) atoms. The van der Waals surface area contributed by atoms with Gasteiger partial charge in [0.1, 0.15) is 6.04 Å². The predicted octanol–water partition coefficient (Wildman–Crippen LogP) is -0.622. The number of anilines is 2. The molecule has 3 heterocycles. The minimum atomic E-state index is -1.31. The zero-order chi connectivity index (χ0) is 28.5. The number of hydrogen-bond acceptors (Lipinski definition) is 11. The fourth-order valence-corrected chi connectivity index (χ4v) is 3.26. The fraction of sp³-hybridized carbons (Fsp3) is 0.261. The van der Waals surface area contributed by atoms with Gasteiger partial charge in [-0.3, -0.25) is 34.3 Å². The number of nitrogens with one attached hydrogen (secondary N) is 4. The number of H-pyrrole nitrogens is 1. The number of aromatic nitrogens is 4. The van der Waals surface area contributed by atoms with E-state index < -0.39 is 29.4 Å². The van der Waals surface area contributed by atoms with E-state index in [0.29, 0.717) is 24.2 Å². The average Bonchev–Trinajstić information content (AvgIpc) is 3.27. The number of amides is 3. The van der Waals surface area contributed by atoms with Crippen LogP contribution in [0.5, 0.6) is 0 Å². The van der Waals surface area contributed by atoms with Crippen molar-refractivity contribution in [3.8, 4) is 0 Å². The Morgan fingerprint density at radius 1 is 1.03 bits per heavy atom. The summed E-state index contributed by atoms with van der Waals surface area (Å²) < 4.78 is 0. The number of carbonyl (C=O) groups is 5. The van der Waals surface area contributed by atoms with Crippen LogP contribution in [-0.2, 0) is 25.7 Å². The summed E-state index contributed by atoms with van der Waals surface area (Å²) in [4.78, 5) is 80.8.